The predicted octanol–water partition coefficient (Wildman–Crippen LogP) is 1.57. The third kappa shape index (κ3) is 2.60. The molecule has 3 fully saturated rings. The van der Waals surface area contributed by atoms with Gasteiger partial charge in [-0.05, 0) is 44.0 Å². The molecule has 1 N–H and O–H groups in total. The van der Waals surface area contributed by atoms with Crippen LogP contribution in [0.2, 0.25) is 5.15 Å². The number of fused-ring (bicyclic) bond motifs is 3. The van der Waals surface area contributed by atoms with Crippen molar-refractivity contribution in [3.63, 3.8) is 0 Å². The molecule has 1 amide bonds. The van der Waals surface area contributed by atoms with Crippen LogP contribution in [-0.4, -0.2) is 48.6 Å². The molecule has 1 unspecified atom stereocenters. The molecule has 0 aliphatic carbocycles. The molecule has 0 saturated carbocycles. The zero-order valence-corrected chi connectivity index (χ0v) is 12.2. The number of nitrogens with zero attached hydrogens (tertiary/aromatic N) is 2. The maximum Gasteiger partial charge on any atom is 0.270 e. The number of methoxy groups -OCH3 is 1. The second-order valence-corrected chi connectivity index (χ2v) is 5.77. The summed E-state index contributed by atoms with van der Waals surface area (Å²) in [6, 6.07) is 3.54. The number of piperidine rings is 3. The number of carbonyl (C=O) groups is 1. The molecule has 6 heteroatoms. The lowest BCUT2D eigenvalue weighted by molar-refractivity contribution is 0.0618. The first-order valence-electron chi connectivity index (χ1n) is 6.91. The molecule has 3 aliphatic rings. The quantitative estimate of drug-likeness (QED) is 0.860. The minimum atomic E-state index is -0.159. The number of hydrogen-bond donors (Lipinski definition) is 1. The van der Waals surface area contributed by atoms with Crippen LogP contribution in [0.4, 0.5) is 0 Å². The van der Waals surface area contributed by atoms with Crippen molar-refractivity contribution >= 4 is 17.5 Å². The summed E-state index contributed by atoms with van der Waals surface area (Å²) in [6.45, 7) is 3.26. The highest BCUT2D eigenvalue weighted by molar-refractivity contribution is 6.31. The molecule has 4 heterocycles. The molecule has 3 saturated heterocycles. The fraction of sp³-hybridized carbons (Fsp3) is 0.571. The van der Waals surface area contributed by atoms with E-state index in [-0.39, 0.29) is 17.1 Å². The van der Waals surface area contributed by atoms with E-state index in [1.54, 1.807) is 12.1 Å². The number of carbonyl (C=O) groups excluding carboxylic acids is 1. The summed E-state index contributed by atoms with van der Waals surface area (Å²) in [5, 5.41) is 3.31. The van der Waals surface area contributed by atoms with Gasteiger partial charge in [-0.25, -0.2) is 4.98 Å². The molecular formula is C14H18ClN3O2. The first-order valence-corrected chi connectivity index (χ1v) is 7.29. The van der Waals surface area contributed by atoms with Crippen LogP contribution in [0.15, 0.2) is 12.1 Å². The fourth-order valence-corrected chi connectivity index (χ4v) is 3.30. The van der Waals surface area contributed by atoms with Gasteiger partial charge in [0.15, 0.2) is 10.9 Å². The van der Waals surface area contributed by atoms with Crippen molar-refractivity contribution in [3.8, 4) is 5.75 Å². The van der Waals surface area contributed by atoms with Gasteiger partial charge in [-0.3, -0.25) is 4.79 Å². The average Bonchev–Trinajstić information content (AvgIpc) is 2.48. The van der Waals surface area contributed by atoms with E-state index in [1.165, 1.54) is 20.0 Å². The Balaban J connectivity index is 1.68. The van der Waals surface area contributed by atoms with Crippen molar-refractivity contribution < 1.29 is 9.53 Å². The minimum absolute atomic E-state index is 0.159. The Labute approximate surface area is 123 Å². The summed E-state index contributed by atoms with van der Waals surface area (Å²) < 4.78 is 5.04. The molecule has 2 bridgehead atoms. The summed E-state index contributed by atoms with van der Waals surface area (Å²) in [7, 11) is 1.52. The van der Waals surface area contributed by atoms with Gasteiger partial charge in [0.2, 0.25) is 0 Å². The third-order valence-corrected chi connectivity index (χ3v) is 4.51. The van der Waals surface area contributed by atoms with Crippen molar-refractivity contribution in [1.29, 1.82) is 0 Å². The van der Waals surface area contributed by atoms with Gasteiger partial charge < -0.3 is 15.0 Å². The summed E-state index contributed by atoms with van der Waals surface area (Å²) in [5.74, 6) is 0.914. The lowest BCUT2D eigenvalue weighted by Gasteiger charge is -2.44. The normalized spacial score (nSPS) is 28.2. The predicted molar refractivity (Wildman–Crippen MR) is 76.2 cm³/mol. The largest absolute Gasteiger partial charge is 0.494 e. The highest BCUT2D eigenvalue weighted by atomic mass is 35.5. The summed E-state index contributed by atoms with van der Waals surface area (Å²) >= 11 is 5.96. The average molecular weight is 296 g/mol. The van der Waals surface area contributed by atoms with Gasteiger partial charge in [-0.1, -0.05) is 11.6 Å². The van der Waals surface area contributed by atoms with Crippen molar-refractivity contribution in [2.75, 3.05) is 26.7 Å². The lowest BCUT2D eigenvalue weighted by Crippen LogP contribution is -2.57. The Hall–Kier alpha value is -1.33. The summed E-state index contributed by atoms with van der Waals surface area (Å²) in [6.07, 6.45) is 2.34. The first kappa shape index (κ1) is 13.6. The Kier molecular flexibility index (Phi) is 3.81. The second kappa shape index (κ2) is 5.58. The molecule has 0 spiro atoms. The number of pyridine rings is 1. The zero-order chi connectivity index (χ0) is 14.1. The van der Waals surface area contributed by atoms with Crippen molar-refractivity contribution in [1.82, 2.24) is 15.2 Å². The van der Waals surface area contributed by atoms with Crippen LogP contribution in [0.25, 0.3) is 0 Å². The van der Waals surface area contributed by atoms with E-state index in [9.17, 15) is 4.79 Å². The second-order valence-electron chi connectivity index (χ2n) is 5.41. The molecule has 1 aromatic heterocycles. The minimum Gasteiger partial charge on any atom is -0.494 e. The molecule has 3 aliphatic heterocycles. The Morgan fingerprint density at radius 2 is 2.20 bits per heavy atom. The number of ether oxygens (including phenoxy) is 1. The smallest absolute Gasteiger partial charge is 0.270 e. The Bertz CT molecular complexity index is 515. The van der Waals surface area contributed by atoms with E-state index in [2.05, 4.69) is 15.2 Å². The number of aromatic nitrogens is 1. The monoisotopic (exact) mass is 295 g/mol. The standard InChI is InChI=1S/C14H18ClN3O2/c1-20-12-3-2-10(16-13(12)15)14(19)17-11-8-18-6-4-9(11)5-7-18/h2-3,9,11H,4-8H2,1H3,(H,17,19). The van der Waals surface area contributed by atoms with Crippen LogP contribution in [0.3, 0.4) is 0 Å². The fourth-order valence-electron chi connectivity index (χ4n) is 3.07. The SMILES string of the molecule is COc1ccc(C(=O)NC2CN3CCC2CC3)nc1Cl. The van der Waals surface area contributed by atoms with Crippen LogP contribution in [0, 0.1) is 5.92 Å². The maximum atomic E-state index is 12.2. The Morgan fingerprint density at radius 1 is 1.45 bits per heavy atom. The highest BCUT2D eigenvalue weighted by Crippen LogP contribution is 2.28. The molecule has 0 aromatic carbocycles. The van der Waals surface area contributed by atoms with E-state index < -0.39 is 0 Å². The van der Waals surface area contributed by atoms with E-state index in [0.717, 1.165) is 19.6 Å². The first-order chi connectivity index (χ1) is 9.67. The topological polar surface area (TPSA) is 54.5 Å². The Morgan fingerprint density at radius 3 is 2.75 bits per heavy atom. The van der Waals surface area contributed by atoms with Crippen LogP contribution in [0.1, 0.15) is 23.3 Å². The van der Waals surface area contributed by atoms with Gasteiger partial charge in [0, 0.05) is 12.6 Å². The van der Waals surface area contributed by atoms with Crippen molar-refractivity contribution in [2.45, 2.75) is 18.9 Å². The van der Waals surface area contributed by atoms with Crippen LogP contribution in [0.5, 0.6) is 5.75 Å². The molecule has 0 radical (unpaired) electrons. The van der Waals surface area contributed by atoms with Gasteiger partial charge in [0.1, 0.15) is 5.69 Å². The number of nitrogens with one attached hydrogen (secondary N) is 1. The summed E-state index contributed by atoms with van der Waals surface area (Å²) in [4.78, 5) is 18.7. The van der Waals surface area contributed by atoms with Crippen LogP contribution < -0.4 is 10.1 Å². The van der Waals surface area contributed by atoms with Gasteiger partial charge in [0.25, 0.3) is 5.91 Å². The van der Waals surface area contributed by atoms with Gasteiger partial charge in [0.05, 0.1) is 7.11 Å². The van der Waals surface area contributed by atoms with Gasteiger partial charge in [-0.15, -0.1) is 0 Å². The van der Waals surface area contributed by atoms with Gasteiger partial charge in [-0.2, -0.15) is 0 Å². The van der Waals surface area contributed by atoms with Crippen LogP contribution in [-0.2, 0) is 0 Å². The molecular weight excluding hydrogens is 278 g/mol. The molecule has 1 atom stereocenters. The molecule has 108 valence electrons. The summed E-state index contributed by atoms with van der Waals surface area (Å²) in [5.41, 5.74) is 0.340. The highest BCUT2D eigenvalue weighted by Gasteiger charge is 2.35. The molecule has 5 nitrogen and oxygen atoms in total. The number of halogens is 1. The molecule has 20 heavy (non-hydrogen) atoms. The number of amides is 1. The van der Waals surface area contributed by atoms with E-state index >= 15 is 0 Å². The number of hydrogen-bond acceptors (Lipinski definition) is 4. The number of rotatable bonds is 3. The van der Waals surface area contributed by atoms with Crippen molar-refractivity contribution in [2.24, 2.45) is 5.92 Å². The van der Waals surface area contributed by atoms with Crippen LogP contribution >= 0.6 is 11.6 Å². The van der Waals surface area contributed by atoms with E-state index in [0.29, 0.717) is 17.4 Å². The zero-order valence-electron chi connectivity index (χ0n) is 11.4. The maximum absolute atomic E-state index is 12.2. The molecule has 4 rings (SSSR count). The third-order valence-electron chi connectivity index (χ3n) is 4.24. The van der Waals surface area contributed by atoms with E-state index in [1.807, 2.05) is 0 Å². The van der Waals surface area contributed by atoms with E-state index in [4.69, 9.17) is 16.3 Å². The van der Waals surface area contributed by atoms with Gasteiger partial charge >= 0.3 is 0 Å². The molecule has 1 aromatic rings. The lowest BCUT2D eigenvalue weighted by atomic mass is 9.84. The van der Waals surface area contributed by atoms with Crippen molar-refractivity contribution in [3.05, 3.63) is 23.0 Å².